The number of thiophene rings is 1. The van der Waals surface area contributed by atoms with Crippen LogP contribution in [0.5, 0.6) is 0 Å². The summed E-state index contributed by atoms with van der Waals surface area (Å²) in [5.74, 6) is 0.779. The van der Waals surface area contributed by atoms with E-state index in [-0.39, 0.29) is 18.6 Å². The van der Waals surface area contributed by atoms with Crippen LogP contribution in [0.15, 0.2) is 41.2 Å². The van der Waals surface area contributed by atoms with Gasteiger partial charge in [-0.2, -0.15) is 4.98 Å². The SMILES string of the molecule is CN(Cc1nc(-c2cccnc2)no1)C(=O)c1ccc([C@H]2CCCO2)s1. The van der Waals surface area contributed by atoms with Crippen LogP contribution >= 0.6 is 11.3 Å². The largest absolute Gasteiger partial charge is 0.373 e. The van der Waals surface area contributed by atoms with Crippen molar-refractivity contribution in [2.24, 2.45) is 0 Å². The highest BCUT2D eigenvalue weighted by molar-refractivity contribution is 7.14. The highest BCUT2D eigenvalue weighted by Gasteiger charge is 2.23. The lowest BCUT2D eigenvalue weighted by molar-refractivity contribution is 0.0774. The highest BCUT2D eigenvalue weighted by atomic mass is 32.1. The number of hydrogen-bond donors (Lipinski definition) is 0. The number of pyridine rings is 1. The summed E-state index contributed by atoms with van der Waals surface area (Å²) >= 11 is 1.49. The number of hydrogen-bond acceptors (Lipinski definition) is 7. The molecule has 3 aromatic heterocycles. The maximum absolute atomic E-state index is 12.6. The minimum absolute atomic E-state index is 0.0691. The first kappa shape index (κ1) is 16.9. The van der Waals surface area contributed by atoms with Crippen molar-refractivity contribution in [3.05, 3.63) is 52.3 Å². The van der Waals surface area contributed by atoms with Gasteiger partial charge in [0.1, 0.15) is 6.54 Å². The fraction of sp³-hybridized carbons (Fsp3) is 0.333. The molecule has 3 aromatic rings. The van der Waals surface area contributed by atoms with Gasteiger partial charge in [-0.1, -0.05) is 5.16 Å². The second-order valence-corrected chi connectivity index (χ2v) is 7.23. The smallest absolute Gasteiger partial charge is 0.264 e. The van der Waals surface area contributed by atoms with Gasteiger partial charge < -0.3 is 14.2 Å². The monoisotopic (exact) mass is 370 g/mol. The summed E-state index contributed by atoms with van der Waals surface area (Å²) in [6.07, 6.45) is 5.57. The Hall–Kier alpha value is -2.58. The molecule has 0 radical (unpaired) electrons. The predicted octanol–water partition coefficient (Wildman–Crippen LogP) is 3.32. The van der Waals surface area contributed by atoms with Gasteiger partial charge in [-0.05, 0) is 37.1 Å². The summed E-state index contributed by atoms with van der Waals surface area (Å²) in [5, 5.41) is 3.95. The van der Waals surface area contributed by atoms with Crippen molar-refractivity contribution >= 4 is 17.2 Å². The molecule has 1 aliphatic rings. The average molecular weight is 370 g/mol. The van der Waals surface area contributed by atoms with Crippen molar-refractivity contribution in [2.75, 3.05) is 13.7 Å². The van der Waals surface area contributed by atoms with Crippen LogP contribution in [-0.4, -0.2) is 39.6 Å². The molecule has 0 aliphatic carbocycles. The standard InChI is InChI=1S/C18H18N4O3S/c1-22(11-16-20-17(21-25-16)12-4-2-8-19-10-12)18(23)15-7-6-14(26-15)13-5-3-9-24-13/h2,4,6-8,10,13H,3,5,9,11H2,1H3/t13-/m1/s1. The van der Waals surface area contributed by atoms with Crippen molar-refractivity contribution in [1.82, 2.24) is 20.0 Å². The van der Waals surface area contributed by atoms with Gasteiger partial charge in [0.05, 0.1) is 11.0 Å². The number of rotatable bonds is 5. The third-order valence-corrected chi connectivity index (χ3v) is 5.36. The minimum atomic E-state index is -0.0691. The average Bonchev–Trinajstić information content (AvgIpc) is 3.42. The zero-order valence-electron chi connectivity index (χ0n) is 14.3. The lowest BCUT2D eigenvalue weighted by Gasteiger charge is -2.13. The van der Waals surface area contributed by atoms with Gasteiger partial charge in [-0.3, -0.25) is 9.78 Å². The van der Waals surface area contributed by atoms with Crippen LogP contribution in [0.2, 0.25) is 0 Å². The molecule has 4 rings (SSSR count). The first-order valence-corrected chi connectivity index (χ1v) is 9.22. The summed E-state index contributed by atoms with van der Waals surface area (Å²) in [4.78, 5) is 24.4. The molecular weight excluding hydrogens is 352 g/mol. The van der Waals surface area contributed by atoms with Gasteiger partial charge in [0.15, 0.2) is 0 Å². The molecule has 7 nitrogen and oxygen atoms in total. The van der Waals surface area contributed by atoms with E-state index < -0.39 is 0 Å². The molecule has 0 N–H and O–H groups in total. The predicted molar refractivity (Wildman–Crippen MR) is 95.6 cm³/mol. The molecule has 0 bridgehead atoms. The van der Waals surface area contributed by atoms with Crippen molar-refractivity contribution in [3.63, 3.8) is 0 Å². The fourth-order valence-electron chi connectivity index (χ4n) is 2.84. The highest BCUT2D eigenvalue weighted by Crippen LogP contribution is 2.33. The Morgan fingerprint density at radius 2 is 2.31 bits per heavy atom. The van der Waals surface area contributed by atoms with Gasteiger partial charge in [0.2, 0.25) is 11.7 Å². The Bertz CT molecular complexity index is 887. The third-order valence-electron chi connectivity index (χ3n) is 4.19. The molecule has 4 heterocycles. The van der Waals surface area contributed by atoms with Crippen LogP contribution in [0.3, 0.4) is 0 Å². The van der Waals surface area contributed by atoms with E-state index in [1.165, 1.54) is 11.3 Å². The minimum Gasteiger partial charge on any atom is -0.373 e. The normalized spacial score (nSPS) is 16.7. The molecule has 0 saturated carbocycles. The van der Waals surface area contributed by atoms with E-state index in [0.29, 0.717) is 16.6 Å². The van der Waals surface area contributed by atoms with Crippen molar-refractivity contribution < 1.29 is 14.1 Å². The lowest BCUT2D eigenvalue weighted by Crippen LogP contribution is -2.25. The third kappa shape index (κ3) is 3.51. The summed E-state index contributed by atoms with van der Waals surface area (Å²) in [5.41, 5.74) is 0.774. The molecule has 0 aromatic carbocycles. The zero-order valence-corrected chi connectivity index (χ0v) is 15.1. The molecule has 0 spiro atoms. The van der Waals surface area contributed by atoms with Gasteiger partial charge in [0, 0.05) is 36.5 Å². The molecule has 1 atom stereocenters. The maximum Gasteiger partial charge on any atom is 0.264 e. The first-order chi connectivity index (χ1) is 12.7. The Labute approximate surface area is 154 Å². The van der Waals surface area contributed by atoms with Crippen LogP contribution in [0.1, 0.15) is 39.4 Å². The second kappa shape index (κ2) is 7.35. The van der Waals surface area contributed by atoms with Crippen molar-refractivity contribution in [3.8, 4) is 11.4 Å². The molecule has 8 heteroatoms. The number of ether oxygens (including phenoxy) is 1. The topological polar surface area (TPSA) is 81.4 Å². The number of amides is 1. The van der Waals surface area contributed by atoms with Crippen LogP contribution in [0, 0.1) is 0 Å². The van der Waals surface area contributed by atoms with Crippen LogP contribution in [-0.2, 0) is 11.3 Å². The molecule has 1 saturated heterocycles. The Kier molecular flexibility index (Phi) is 4.77. The molecule has 134 valence electrons. The Balaban J connectivity index is 1.42. The zero-order chi connectivity index (χ0) is 17.9. The van der Waals surface area contributed by atoms with Crippen molar-refractivity contribution in [2.45, 2.75) is 25.5 Å². The van der Waals surface area contributed by atoms with E-state index in [1.807, 2.05) is 24.3 Å². The summed E-state index contributed by atoms with van der Waals surface area (Å²) < 4.78 is 10.9. The molecule has 0 unspecified atom stereocenters. The summed E-state index contributed by atoms with van der Waals surface area (Å²) in [7, 11) is 1.72. The second-order valence-electron chi connectivity index (χ2n) is 6.12. The Morgan fingerprint density at radius 3 is 3.08 bits per heavy atom. The van der Waals surface area contributed by atoms with E-state index in [9.17, 15) is 4.79 Å². The molecule has 1 fully saturated rings. The molecule has 1 amide bonds. The number of nitrogens with zero attached hydrogens (tertiary/aromatic N) is 4. The number of aromatic nitrogens is 3. The van der Waals surface area contributed by atoms with Crippen LogP contribution in [0.25, 0.3) is 11.4 Å². The molecule has 1 aliphatic heterocycles. The summed E-state index contributed by atoms with van der Waals surface area (Å²) in [6, 6.07) is 7.50. The van der Waals surface area contributed by atoms with Crippen LogP contribution < -0.4 is 0 Å². The first-order valence-electron chi connectivity index (χ1n) is 8.40. The van der Waals surface area contributed by atoms with E-state index in [2.05, 4.69) is 15.1 Å². The van der Waals surface area contributed by atoms with Gasteiger partial charge in [-0.25, -0.2) is 0 Å². The summed E-state index contributed by atoms with van der Waals surface area (Å²) in [6.45, 7) is 1.04. The van der Waals surface area contributed by atoms with Crippen molar-refractivity contribution in [1.29, 1.82) is 0 Å². The Morgan fingerprint density at radius 1 is 1.38 bits per heavy atom. The van der Waals surface area contributed by atoms with Gasteiger partial charge >= 0.3 is 0 Å². The molecular formula is C18H18N4O3S. The number of carbonyl (C=O) groups excluding carboxylic acids is 1. The molecule has 26 heavy (non-hydrogen) atoms. The van der Waals surface area contributed by atoms with Gasteiger partial charge in [-0.15, -0.1) is 11.3 Å². The van der Waals surface area contributed by atoms with Crippen LogP contribution in [0.4, 0.5) is 0 Å². The van der Waals surface area contributed by atoms with E-state index in [4.69, 9.17) is 9.26 Å². The van der Waals surface area contributed by atoms with Gasteiger partial charge in [0.25, 0.3) is 5.91 Å². The van der Waals surface area contributed by atoms with E-state index in [1.54, 1.807) is 24.3 Å². The number of carbonyl (C=O) groups is 1. The quantitative estimate of drug-likeness (QED) is 0.685. The lowest BCUT2D eigenvalue weighted by atomic mass is 10.2. The van der Waals surface area contributed by atoms with E-state index >= 15 is 0 Å². The maximum atomic E-state index is 12.6. The van der Waals surface area contributed by atoms with E-state index in [0.717, 1.165) is 29.9 Å². The fourth-order valence-corrected chi connectivity index (χ4v) is 3.92.